The van der Waals surface area contributed by atoms with Gasteiger partial charge >= 0.3 is 6.18 Å². The van der Waals surface area contributed by atoms with Gasteiger partial charge in [0, 0.05) is 5.92 Å². The Morgan fingerprint density at radius 1 is 1.31 bits per heavy atom. The molecule has 78 valence electrons. The predicted octanol–water partition coefficient (Wildman–Crippen LogP) is 2.07. The van der Waals surface area contributed by atoms with Gasteiger partial charge in [-0.3, -0.25) is 0 Å². The van der Waals surface area contributed by atoms with E-state index in [0.717, 1.165) is 0 Å². The number of hydrogen-bond acceptors (Lipinski definition) is 2. The molecule has 1 atom stereocenters. The van der Waals surface area contributed by atoms with Crippen LogP contribution in [0, 0.1) is 5.92 Å². The molecule has 0 aromatic heterocycles. The average Bonchev–Trinajstić information content (AvgIpc) is 2.66. The zero-order chi connectivity index (χ0) is 10.3. The van der Waals surface area contributed by atoms with Crippen molar-refractivity contribution in [2.45, 2.75) is 44.8 Å². The fourth-order valence-corrected chi connectivity index (χ4v) is 0.949. The summed E-state index contributed by atoms with van der Waals surface area (Å²) in [6, 6.07) is 0. The summed E-state index contributed by atoms with van der Waals surface area (Å²) in [5, 5.41) is 9.14. The van der Waals surface area contributed by atoms with Gasteiger partial charge in [0.15, 0.2) is 11.9 Å². The highest BCUT2D eigenvalue weighted by Crippen LogP contribution is 2.52. The predicted molar refractivity (Wildman–Crippen MR) is 39.9 cm³/mol. The van der Waals surface area contributed by atoms with Crippen LogP contribution in [-0.2, 0) is 4.74 Å². The highest BCUT2D eigenvalue weighted by Gasteiger charge is 2.65. The Hall–Kier alpha value is -0.290. The molecule has 0 heterocycles. The number of halogens is 3. The molecular formula is C8H13F3O2. The number of aliphatic hydroxyl groups excluding tert-OH is 1. The number of alkyl halides is 3. The van der Waals surface area contributed by atoms with Crippen molar-refractivity contribution >= 4 is 0 Å². The molecule has 1 aliphatic carbocycles. The lowest BCUT2D eigenvalue weighted by molar-refractivity contribution is -0.284. The highest BCUT2D eigenvalue weighted by molar-refractivity contribution is 5.02. The number of ether oxygens (including phenoxy) is 1. The number of hydrogen-bond donors (Lipinski definition) is 1. The molecule has 0 aliphatic heterocycles. The Balaban J connectivity index is 2.54. The van der Waals surface area contributed by atoms with E-state index < -0.39 is 18.1 Å². The van der Waals surface area contributed by atoms with E-state index in [9.17, 15) is 13.2 Å². The van der Waals surface area contributed by atoms with Crippen LogP contribution in [0.4, 0.5) is 13.2 Å². The Morgan fingerprint density at radius 2 is 1.77 bits per heavy atom. The first-order valence-corrected chi connectivity index (χ1v) is 4.21. The molecule has 0 aromatic rings. The average molecular weight is 198 g/mol. The molecule has 13 heavy (non-hydrogen) atoms. The molecule has 1 rings (SSSR count). The molecule has 2 nitrogen and oxygen atoms in total. The number of rotatable bonds is 3. The third kappa shape index (κ3) is 2.14. The molecule has 1 fully saturated rings. The van der Waals surface area contributed by atoms with Crippen molar-refractivity contribution in [3.63, 3.8) is 0 Å². The fourth-order valence-electron chi connectivity index (χ4n) is 0.949. The molecule has 1 saturated carbocycles. The summed E-state index contributed by atoms with van der Waals surface area (Å²) in [4.78, 5) is 0. The summed E-state index contributed by atoms with van der Waals surface area (Å²) in [6.45, 7) is 3.22. The van der Waals surface area contributed by atoms with Gasteiger partial charge in [0.25, 0.3) is 0 Å². The van der Waals surface area contributed by atoms with Crippen molar-refractivity contribution < 1.29 is 23.0 Å². The normalized spacial score (nSPS) is 23.3. The monoisotopic (exact) mass is 198 g/mol. The third-order valence-electron chi connectivity index (χ3n) is 2.14. The van der Waals surface area contributed by atoms with Gasteiger partial charge in [-0.15, -0.1) is 0 Å². The van der Waals surface area contributed by atoms with Crippen molar-refractivity contribution in [1.82, 2.24) is 0 Å². The van der Waals surface area contributed by atoms with Crippen LogP contribution in [0.3, 0.4) is 0 Å². The van der Waals surface area contributed by atoms with E-state index in [2.05, 4.69) is 4.74 Å². The van der Waals surface area contributed by atoms with Crippen LogP contribution in [0.1, 0.15) is 26.7 Å². The van der Waals surface area contributed by atoms with Crippen LogP contribution in [0.15, 0.2) is 0 Å². The van der Waals surface area contributed by atoms with E-state index in [-0.39, 0.29) is 18.8 Å². The minimum atomic E-state index is -4.36. The van der Waals surface area contributed by atoms with Crippen LogP contribution in [0.25, 0.3) is 0 Å². The Labute approximate surface area is 74.7 Å². The van der Waals surface area contributed by atoms with Gasteiger partial charge in [0.2, 0.25) is 0 Å². The van der Waals surface area contributed by atoms with E-state index >= 15 is 0 Å². The van der Waals surface area contributed by atoms with Crippen molar-refractivity contribution in [3.8, 4) is 0 Å². The summed E-state index contributed by atoms with van der Waals surface area (Å²) in [6.07, 6.45) is -5.77. The quantitative estimate of drug-likeness (QED) is 0.703. The lowest BCUT2D eigenvalue weighted by Gasteiger charge is -2.25. The van der Waals surface area contributed by atoms with E-state index in [1.54, 1.807) is 13.8 Å². The lowest BCUT2D eigenvalue weighted by Crippen LogP contribution is -2.39. The fraction of sp³-hybridized carbons (Fsp3) is 1.00. The zero-order valence-electron chi connectivity index (χ0n) is 7.56. The van der Waals surface area contributed by atoms with Gasteiger partial charge in [-0.2, -0.15) is 13.2 Å². The zero-order valence-corrected chi connectivity index (χ0v) is 7.56. The maximum Gasteiger partial charge on any atom is 0.417 e. The largest absolute Gasteiger partial charge is 0.417 e. The van der Waals surface area contributed by atoms with Gasteiger partial charge < -0.3 is 9.84 Å². The van der Waals surface area contributed by atoms with Crippen LogP contribution in [0.5, 0.6) is 0 Å². The van der Waals surface area contributed by atoms with E-state index in [4.69, 9.17) is 5.11 Å². The first-order valence-electron chi connectivity index (χ1n) is 4.21. The summed E-state index contributed by atoms with van der Waals surface area (Å²) in [5.41, 5.74) is -2.06. The molecule has 0 amide bonds. The smallest absolute Gasteiger partial charge is 0.368 e. The molecule has 1 aliphatic rings. The topological polar surface area (TPSA) is 29.5 Å². The highest BCUT2D eigenvalue weighted by atomic mass is 19.4. The Morgan fingerprint density at radius 3 is 2.00 bits per heavy atom. The van der Waals surface area contributed by atoms with Crippen molar-refractivity contribution in [2.24, 2.45) is 5.92 Å². The molecule has 0 saturated heterocycles. The van der Waals surface area contributed by atoms with Gasteiger partial charge in [0.05, 0.1) is 0 Å². The molecule has 0 bridgehead atoms. The van der Waals surface area contributed by atoms with Crippen molar-refractivity contribution in [3.05, 3.63) is 0 Å². The van der Waals surface area contributed by atoms with Crippen molar-refractivity contribution in [2.75, 3.05) is 0 Å². The maximum absolute atomic E-state index is 12.3. The summed E-state index contributed by atoms with van der Waals surface area (Å²) >= 11 is 0. The molecule has 5 heteroatoms. The molecule has 0 spiro atoms. The molecule has 0 aromatic carbocycles. The van der Waals surface area contributed by atoms with Gasteiger partial charge in [0.1, 0.15) is 0 Å². The van der Waals surface area contributed by atoms with Crippen LogP contribution >= 0.6 is 0 Å². The van der Waals surface area contributed by atoms with Crippen LogP contribution < -0.4 is 0 Å². The van der Waals surface area contributed by atoms with Gasteiger partial charge in [-0.25, -0.2) is 0 Å². The molecule has 1 N–H and O–H groups in total. The van der Waals surface area contributed by atoms with Crippen LogP contribution in [0.2, 0.25) is 0 Å². The first-order chi connectivity index (χ1) is 5.78. The second kappa shape index (κ2) is 3.13. The van der Waals surface area contributed by atoms with Crippen molar-refractivity contribution in [1.29, 1.82) is 0 Å². The van der Waals surface area contributed by atoms with Crippen LogP contribution in [-0.4, -0.2) is 23.2 Å². The standard InChI is InChI=1S/C8H13F3O2/c1-5(2)6(12)13-7(3-4-7)8(9,10)11/h5-6,12H,3-4H2,1-2H3. The minimum Gasteiger partial charge on any atom is -0.368 e. The summed E-state index contributed by atoms with van der Waals surface area (Å²) < 4.78 is 41.5. The Bertz CT molecular complexity index is 184. The first kappa shape index (κ1) is 10.8. The van der Waals surface area contributed by atoms with Gasteiger partial charge in [-0.1, -0.05) is 13.8 Å². The van der Waals surface area contributed by atoms with E-state index in [1.807, 2.05) is 0 Å². The Kier molecular flexibility index (Phi) is 2.60. The second-order valence-corrected chi connectivity index (χ2v) is 3.74. The maximum atomic E-state index is 12.3. The molecule has 1 unspecified atom stereocenters. The van der Waals surface area contributed by atoms with E-state index in [0.29, 0.717) is 0 Å². The minimum absolute atomic E-state index is 0.0414. The summed E-state index contributed by atoms with van der Waals surface area (Å²) in [5.74, 6) is -0.320. The SMILES string of the molecule is CC(C)C(O)OC1(C(F)(F)F)CC1. The second-order valence-electron chi connectivity index (χ2n) is 3.74. The molecule has 0 radical (unpaired) electrons. The van der Waals surface area contributed by atoms with Gasteiger partial charge in [-0.05, 0) is 12.8 Å². The van der Waals surface area contributed by atoms with E-state index in [1.165, 1.54) is 0 Å². The summed E-state index contributed by atoms with van der Waals surface area (Å²) in [7, 11) is 0. The lowest BCUT2D eigenvalue weighted by atomic mass is 10.2. The number of aliphatic hydroxyl groups is 1. The molecular weight excluding hydrogens is 185 g/mol. The third-order valence-corrected chi connectivity index (χ3v) is 2.14.